The molecule has 2 heterocycles. The molecule has 0 aromatic carbocycles. The maximum Gasteiger partial charge on any atom is 0.311 e. The van der Waals surface area contributed by atoms with E-state index >= 15 is 0 Å². The first-order chi connectivity index (χ1) is 8.66. The summed E-state index contributed by atoms with van der Waals surface area (Å²) in [5.74, 6) is 0.318. The first-order valence-corrected chi connectivity index (χ1v) is 6.85. The second kappa shape index (κ2) is 5.92. The second-order valence-corrected chi connectivity index (χ2v) is 6.06. The Morgan fingerprint density at radius 2 is 2.28 bits per heavy atom. The van der Waals surface area contributed by atoms with Crippen LogP contribution in [0.25, 0.3) is 0 Å². The van der Waals surface area contributed by atoms with E-state index in [1.807, 2.05) is 12.1 Å². The third-order valence-electron chi connectivity index (χ3n) is 2.28. The fourth-order valence-corrected chi connectivity index (χ4v) is 2.95. The van der Waals surface area contributed by atoms with Crippen molar-refractivity contribution in [2.24, 2.45) is 0 Å². The summed E-state index contributed by atoms with van der Waals surface area (Å²) in [6, 6.07) is 7.02. The van der Waals surface area contributed by atoms with Crippen LogP contribution >= 0.6 is 27.3 Å². The van der Waals surface area contributed by atoms with E-state index in [4.69, 9.17) is 0 Å². The lowest BCUT2D eigenvalue weighted by molar-refractivity contribution is -0.384. The van der Waals surface area contributed by atoms with Crippen molar-refractivity contribution in [1.29, 1.82) is 0 Å². The summed E-state index contributed by atoms with van der Waals surface area (Å²) in [6.45, 7) is 0.616. The highest BCUT2D eigenvalue weighted by Gasteiger charge is 2.13. The fourth-order valence-electron chi connectivity index (χ4n) is 1.47. The number of anilines is 1. The highest BCUT2D eigenvalue weighted by molar-refractivity contribution is 9.11. The van der Waals surface area contributed by atoms with Gasteiger partial charge in [0.05, 0.1) is 8.71 Å². The van der Waals surface area contributed by atoms with Crippen LogP contribution in [-0.2, 0) is 6.42 Å². The largest absolute Gasteiger partial charge is 0.364 e. The van der Waals surface area contributed by atoms with Crippen molar-refractivity contribution < 1.29 is 4.92 Å². The molecule has 0 aliphatic carbocycles. The van der Waals surface area contributed by atoms with Crippen LogP contribution in [0.5, 0.6) is 0 Å². The molecular weight excluding hydrogens is 318 g/mol. The molecule has 0 atom stereocenters. The third kappa shape index (κ3) is 3.27. The Balaban J connectivity index is 1.96. The molecule has 2 aromatic rings. The van der Waals surface area contributed by atoms with Gasteiger partial charge in [0.1, 0.15) is 0 Å². The number of halogens is 1. The van der Waals surface area contributed by atoms with E-state index in [1.54, 1.807) is 17.4 Å². The molecule has 0 radical (unpaired) electrons. The van der Waals surface area contributed by atoms with Gasteiger partial charge in [-0.25, -0.2) is 4.98 Å². The molecule has 0 saturated carbocycles. The number of nitrogens with zero attached hydrogens (tertiary/aromatic N) is 2. The molecular formula is C11H10BrN3O2S. The van der Waals surface area contributed by atoms with Gasteiger partial charge in [-0.15, -0.1) is 11.3 Å². The molecule has 0 aliphatic heterocycles. The number of nitro groups is 1. The van der Waals surface area contributed by atoms with Crippen molar-refractivity contribution in [1.82, 2.24) is 4.98 Å². The van der Waals surface area contributed by atoms with Crippen molar-refractivity contribution in [2.75, 3.05) is 11.9 Å². The molecule has 0 amide bonds. The van der Waals surface area contributed by atoms with Crippen molar-refractivity contribution in [3.8, 4) is 0 Å². The molecule has 0 fully saturated rings. The molecule has 18 heavy (non-hydrogen) atoms. The predicted molar refractivity (Wildman–Crippen MR) is 75.1 cm³/mol. The van der Waals surface area contributed by atoms with Gasteiger partial charge in [-0.3, -0.25) is 10.1 Å². The molecule has 94 valence electrons. The van der Waals surface area contributed by atoms with Gasteiger partial charge in [-0.05, 0) is 40.5 Å². The number of aromatic nitrogens is 1. The molecule has 2 aromatic heterocycles. The van der Waals surface area contributed by atoms with Gasteiger partial charge in [-0.2, -0.15) is 0 Å². The Labute approximate surface area is 116 Å². The minimum absolute atomic E-state index is 0.00450. The summed E-state index contributed by atoms with van der Waals surface area (Å²) >= 11 is 5.05. The van der Waals surface area contributed by atoms with Crippen molar-refractivity contribution in [3.63, 3.8) is 0 Å². The van der Waals surface area contributed by atoms with Gasteiger partial charge in [-0.1, -0.05) is 0 Å². The van der Waals surface area contributed by atoms with Gasteiger partial charge in [0.15, 0.2) is 0 Å². The van der Waals surface area contributed by atoms with E-state index in [1.165, 1.54) is 17.1 Å². The molecule has 1 N–H and O–H groups in total. The van der Waals surface area contributed by atoms with Crippen LogP contribution in [0.1, 0.15) is 4.88 Å². The van der Waals surface area contributed by atoms with Gasteiger partial charge >= 0.3 is 5.69 Å². The van der Waals surface area contributed by atoms with E-state index in [0.717, 1.165) is 10.2 Å². The number of nitrogens with one attached hydrogen (secondary N) is 1. The van der Waals surface area contributed by atoms with Crippen LogP contribution in [0.2, 0.25) is 0 Å². The second-order valence-electron chi connectivity index (χ2n) is 3.51. The van der Waals surface area contributed by atoms with Crippen LogP contribution in [0.3, 0.4) is 0 Å². The average molecular weight is 328 g/mol. The summed E-state index contributed by atoms with van der Waals surface area (Å²) in [5, 5.41) is 13.8. The summed E-state index contributed by atoms with van der Waals surface area (Å²) in [6.07, 6.45) is 2.35. The van der Waals surface area contributed by atoms with Crippen LogP contribution < -0.4 is 5.32 Å². The van der Waals surface area contributed by atoms with Crippen LogP contribution in [-0.4, -0.2) is 16.5 Å². The number of rotatable bonds is 5. The van der Waals surface area contributed by atoms with E-state index in [2.05, 4.69) is 26.2 Å². The van der Waals surface area contributed by atoms with Gasteiger partial charge in [0.25, 0.3) is 0 Å². The van der Waals surface area contributed by atoms with Crippen LogP contribution in [0.15, 0.2) is 34.2 Å². The molecule has 0 unspecified atom stereocenters. The Morgan fingerprint density at radius 3 is 2.94 bits per heavy atom. The minimum Gasteiger partial charge on any atom is -0.364 e. The summed E-state index contributed by atoms with van der Waals surface area (Å²) in [7, 11) is 0. The minimum atomic E-state index is -0.433. The highest BCUT2D eigenvalue weighted by atomic mass is 79.9. The van der Waals surface area contributed by atoms with E-state index < -0.39 is 4.92 Å². The molecule has 0 aliphatic rings. The first kappa shape index (κ1) is 13.0. The van der Waals surface area contributed by atoms with E-state index in [-0.39, 0.29) is 5.69 Å². The fraction of sp³-hybridized carbons (Fsp3) is 0.182. The monoisotopic (exact) mass is 327 g/mol. The maximum absolute atomic E-state index is 10.8. The van der Waals surface area contributed by atoms with Gasteiger partial charge < -0.3 is 5.32 Å². The third-order valence-corrected chi connectivity index (χ3v) is 3.96. The van der Waals surface area contributed by atoms with Crippen molar-refractivity contribution in [2.45, 2.75) is 6.42 Å². The van der Waals surface area contributed by atoms with Crippen LogP contribution in [0, 0.1) is 10.1 Å². The smallest absolute Gasteiger partial charge is 0.311 e. The molecule has 0 bridgehead atoms. The summed E-state index contributed by atoms with van der Waals surface area (Å²) in [5.41, 5.74) is 0.00450. The SMILES string of the molecule is O=[N+]([O-])c1cccnc1NCCc1ccc(Br)s1. The summed E-state index contributed by atoms with van der Waals surface area (Å²) in [4.78, 5) is 15.5. The topological polar surface area (TPSA) is 68.1 Å². The number of hydrogen-bond acceptors (Lipinski definition) is 5. The summed E-state index contributed by atoms with van der Waals surface area (Å²) < 4.78 is 1.08. The number of thiophene rings is 1. The molecule has 7 heteroatoms. The number of pyridine rings is 1. The molecule has 5 nitrogen and oxygen atoms in total. The van der Waals surface area contributed by atoms with Gasteiger partial charge in [0, 0.05) is 23.7 Å². The quantitative estimate of drug-likeness (QED) is 0.674. The van der Waals surface area contributed by atoms with Crippen molar-refractivity contribution >= 4 is 38.8 Å². The lowest BCUT2D eigenvalue weighted by Gasteiger charge is -2.04. The van der Waals surface area contributed by atoms with E-state index in [0.29, 0.717) is 12.4 Å². The Bertz CT molecular complexity index is 559. The number of hydrogen-bond donors (Lipinski definition) is 1. The normalized spacial score (nSPS) is 10.3. The molecule has 2 rings (SSSR count). The zero-order valence-corrected chi connectivity index (χ0v) is 11.7. The maximum atomic E-state index is 10.8. The predicted octanol–water partition coefficient (Wildman–Crippen LogP) is 3.47. The first-order valence-electron chi connectivity index (χ1n) is 5.24. The Hall–Kier alpha value is -1.47. The lowest BCUT2D eigenvalue weighted by Crippen LogP contribution is -2.07. The lowest BCUT2D eigenvalue weighted by atomic mass is 10.3. The highest BCUT2D eigenvalue weighted by Crippen LogP contribution is 2.23. The van der Waals surface area contributed by atoms with Crippen LogP contribution in [0.4, 0.5) is 11.5 Å². The average Bonchev–Trinajstić information content (AvgIpc) is 2.75. The molecule has 0 saturated heterocycles. The Morgan fingerprint density at radius 1 is 1.44 bits per heavy atom. The standard InChI is InChI=1S/C11H10BrN3O2S/c12-10-4-3-8(18-10)5-7-14-11-9(15(16)17)2-1-6-13-11/h1-4,6H,5,7H2,(H,13,14). The molecule has 0 spiro atoms. The van der Waals surface area contributed by atoms with Crippen molar-refractivity contribution in [3.05, 3.63) is 49.2 Å². The Kier molecular flexibility index (Phi) is 4.27. The van der Waals surface area contributed by atoms with Gasteiger partial charge in [0.2, 0.25) is 5.82 Å². The van der Waals surface area contributed by atoms with E-state index in [9.17, 15) is 10.1 Å². The zero-order chi connectivity index (χ0) is 13.0. The zero-order valence-electron chi connectivity index (χ0n) is 9.30.